The number of carbonyl (C=O) groups is 2. The monoisotopic (exact) mass is 671 g/mol. The van der Waals surface area contributed by atoms with Gasteiger partial charge in [0.15, 0.2) is 0 Å². The van der Waals surface area contributed by atoms with Crippen LogP contribution in [-0.4, -0.2) is 43.3 Å². The third-order valence-electron chi connectivity index (χ3n) is 6.30. The molecule has 0 unspecified atom stereocenters. The molecular formula is C30H33Cl4N3O4S. The summed E-state index contributed by atoms with van der Waals surface area (Å²) in [7, 11) is -4.29. The van der Waals surface area contributed by atoms with Crippen LogP contribution in [0.25, 0.3) is 0 Å². The van der Waals surface area contributed by atoms with Gasteiger partial charge < -0.3 is 10.2 Å². The molecule has 12 heteroatoms. The number of halogens is 4. The fourth-order valence-corrected chi connectivity index (χ4v) is 6.70. The highest BCUT2D eigenvalue weighted by Crippen LogP contribution is 2.31. The van der Waals surface area contributed by atoms with Crippen molar-refractivity contribution in [3.05, 3.63) is 91.9 Å². The van der Waals surface area contributed by atoms with E-state index in [1.54, 1.807) is 37.3 Å². The SMILES string of the molecule is CC[C@@H](C(=O)NC(C)(C)C)N(Cc1c(Cl)cccc1Cl)C(=O)CN(c1cc(Cl)cc(Cl)c1)S(=O)(=O)c1ccc(C)cc1. The van der Waals surface area contributed by atoms with Gasteiger partial charge in [-0.25, -0.2) is 8.42 Å². The normalized spacial score (nSPS) is 12.5. The molecule has 226 valence electrons. The van der Waals surface area contributed by atoms with E-state index in [-0.39, 0.29) is 33.6 Å². The second-order valence-electron chi connectivity index (χ2n) is 10.8. The van der Waals surface area contributed by atoms with Crippen LogP contribution in [0.15, 0.2) is 65.6 Å². The number of rotatable bonds is 10. The summed E-state index contributed by atoms with van der Waals surface area (Å²) in [6.45, 7) is 8.28. The van der Waals surface area contributed by atoms with Crippen molar-refractivity contribution in [2.75, 3.05) is 10.8 Å². The van der Waals surface area contributed by atoms with Gasteiger partial charge in [-0.05, 0) is 76.6 Å². The summed E-state index contributed by atoms with van der Waals surface area (Å²) in [6.07, 6.45) is 0.240. The molecule has 2 amide bonds. The van der Waals surface area contributed by atoms with Crippen LogP contribution in [-0.2, 0) is 26.2 Å². The van der Waals surface area contributed by atoms with Crippen molar-refractivity contribution in [3.63, 3.8) is 0 Å². The zero-order chi connectivity index (χ0) is 31.4. The molecule has 0 bridgehead atoms. The second kappa shape index (κ2) is 13.9. The molecule has 3 aromatic carbocycles. The van der Waals surface area contributed by atoms with Crippen LogP contribution in [0, 0.1) is 6.92 Å². The van der Waals surface area contributed by atoms with Crippen LogP contribution in [0.1, 0.15) is 45.2 Å². The second-order valence-corrected chi connectivity index (χ2v) is 14.4. The minimum atomic E-state index is -4.29. The summed E-state index contributed by atoms with van der Waals surface area (Å²) in [6, 6.07) is 14.5. The molecule has 0 spiro atoms. The van der Waals surface area contributed by atoms with Gasteiger partial charge in [-0.3, -0.25) is 13.9 Å². The minimum absolute atomic E-state index is 0.0322. The fourth-order valence-electron chi connectivity index (χ4n) is 4.28. The predicted octanol–water partition coefficient (Wildman–Crippen LogP) is 7.53. The van der Waals surface area contributed by atoms with Gasteiger partial charge in [-0.15, -0.1) is 0 Å². The van der Waals surface area contributed by atoms with Crippen LogP contribution >= 0.6 is 46.4 Å². The molecule has 0 aromatic heterocycles. The number of carbonyl (C=O) groups excluding carboxylic acids is 2. The maximum Gasteiger partial charge on any atom is 0.264 e. The number of anilines is 1. The van der Waals surface area contributed by atoms with E-state index in [2.05, 4.69) is 5.32 Å². The highest BCUT2D eigenvalue weighted by Gasteiger charge is 2.35. The first-order valence-electron chi connectivity index (χ1n) is 13.1. The average Bonchev–Trinajstić information content (AvgIpc) is 2.87. The van der Waals surface area contributed by atoms with Crippen molar-refractivity contribution in [2.45, 2.75) is 64.1 Å². The van der Waals surface area contributed by atoms with Crippen LogP contribution in [0.3, 0.4) is 0 Å². The quantitative estimate of drug-likeness (QED) is 0.241. The van der Waals surface area contributed by atoms with Gasteiger partial charge in [0.25, 0.3) is 10.0 Å². The lowest BCUT2D eigenvalue weighted by molar-refractivity contribution is -0.141. The van der Waals surface area contributed by atoms with Crippen LogP contribution in [0.4, 0.5) is 5.69 Å². The van der Waals surface area contributed by atoms with Gasteiger partial charge in [0, 0.05) is 37.7 Å². The molecule has 0 aliphatic rings. The van der Waals surface area contributed by atoms with Crippen molar-refractivity contribution in [1.29, 1.82) is 0 Å². The highest BCUT2D eigenvalue weighted by molar-refractivity contribution is 7.92. The Kier molecular flexibility index (Phi) is 11.2. The number of nitrogens with zero attached hydrogens (tertiary/aromatic N) is 2. The Balaban J connectivity index is 2.15. The molecule has 0 saturated carbocycles. The van der Waals surface area contributed by atoms with E-state index in [1.807, 2.05) is 27.7 Å². The molecule has 3 rings (SSSR count). The number of hydrogen-bond acceptors (Lipinski definition) is 4. The summed E-state index contributed by atoms with van der Waals surface area (Å²) in [5, 5.41) is 3.89. The lowest BCUT2D eigenvalue weighted by atomic mass is 10.1. The Hall–Kier alpha value is -2.49. The minimum Gasteiger partial charge on any atom is -0.350 e. The number of sulfonamides is 1. The Labute approximate surface area is 267 Å². The lowest BCUT2D eigenvalue weighted by Crippen LogP contribution is -2.55. The first-order valence-corrected chi connectivity index (χ1v) is 16.1. The topological polar surface area (TPSA) is 86.8 Å². The lowest BCUT2D eigenvalue weighted by Gasteiger charge is -2.35. The zero-order valence-corrected chi connectivity index (χ0v) is 27.8. The fraction of sp³-hybridized carbons (Fsp3) is 0.333. The zero-order valence-electron chi connectivity index (χ0n) is 23.9. The van der Waals surface area contributed by atoms with E-state index in [0.29, 0.717) is 15.6 Å². The Morgan fingerprint density at radius 1 is 0.905 bits per heavy atom. The van der Waals surface area contributed by atoms with Gasteiger partial charge in [0.1, 0.15) is 12.6 Å². The smallest absolute Gasteiger partial charge is 0.264 e. The Bertz CT molecular complexity index is 1520. The van der Waals surface area contributed by atoms with Crippen LogP contribution in [0.5, 0.6) is 0 Å². The van der Waals surface area contributed by atoms with Crippen molar-refractivity contribution < 1.29 is 18.0 Å². The molecule has 0 heterocycles. The number of nitrogens with one attached hydrogen (secondary N) is 1. The Morgan fingerprint density at radius 2 is 1.45 bits per heavy atom. The third kappa shape index (κ3) is 8.54. The van der Waals surface area contributed by atoms with Crippen molar-refractivity contribution in [3.8, 4) is 0 Å². The molecular weight excluding hydrogens is 640 g/mol. The molecule has 0 aliphatic heterocycles. The number of benzene rings is 3. The van der Waals surface area contributed by atoms with Gasteiger partial charge in [-0.2, -0.15) is 0 Å². The van der Waals surface area contributed by atoms with Gasteiger partial charge in [-0.1, -0.05) is 77.1 Å². The highest BCUT2D eigenvalue weighted by atomic mass is 35.5. The molecule has 1 N–H and O–H groups in total. The van der Waals surface area contributed by atoms with E-state index < -0.39 is 40.0 Å². The molecule has 3 aromatic rings. The first kappa shape index (κ1) is 34.0. The maximum atomic E-state index is 14.2. The van der Waals surface area contributed by atoms with E-state index >= 15 is 0 Å². The summed E-state index contributed by atoms with van der Waals surface area (Å²) >= 11 is 25.4. The predicted molar refractivity (Wildman–Crippen MR) is 171 cm³/mol. The van der Waals surface area contributed by atoms with Gasteiger partial charge in [0.2, 0.25) is 11.8 Å². The van der Waals surface area contributed by atoms with E-state index in [1.165, 1.54) is 35.2 Å². The van der Waals surface area contributed by atoms with Crippen molar-refractivity contribution in [1.82, 2.24) is 10.2 Å². The molecule has 0 aliphatic carbocycles. The van der Waals surface area contributed by atoms with E-state index in [9.17, 15) is 18.0 Å². The van der Waals surface area contributed by atoms with E-state index in [0.717, 1.165) is 9.87 Å². The molecule has 42 heavy (non-hydrogen) atoms. The average molecular weight is 673 g/mol. The number of hydrogen-bond donors (Lipinski definition) is 1. The van der Waals surface area contributed by atoms with Crippen molar-refractivity contribution in [2.24, 2.45) is 0 Å². The van der Waals surface area contributed by atoms with Crippen LogP contribution < -0.4 is 9.62 Å². The number of amides is 2. The standard InChI is InChI=1S/C30H33Cl4N3O4S/c1-6-27(29(39)35-30(3,4)5)36(17-24-25(33)8-7-9-26(24)34)28(38)18-37(22-15-20(31)14-21(32)16-22)42(40,41)23-12-10-19(2)11-13-23/h7-16,27H,6,17-18H2,1-5H3,(H,35,39)/t27-/m0/s1. The van der Waals surface area contributed by atoms with Gasteiger partial charge >= 0.3 is 0 Å². The molecule has 1 atom stereocenters. The largest absolute Gasteiger partial charge is 0.350 e. The maximum absolute atomic E-state index is 14.2. The number of aryl methyl sites for hydroxylation is 1. The Morgan fingerprint density at radius 3 is 1.95 bits per heavy atom. The van der Waals surface area contributed by atoms with Gasteiger partial charge in [0.05, 0.1) is 10.6 Å². The summed E-state index contributed by atoms with van der Waals surface area (Å²) in [5.74, 6) is -1.06. The molecule has 0 fully saturated rings. The summed E-state index contributed by atoms with van der Waals surface area (Å²) in [4.78, 5) is 28.9. The third-order valence-corrected chi connectivity index (χ3v) is 9.23. The summed E-state index contributed by atoms with van der Waals surface area (Å²) in [5.41, 5.74) is 0.791. The van der Waals surface area contributed by atoms with E-state index in [4.69, 9.17) is 46.4 Å². The molecule has 0 saturated heterocycles. The molecule has 0 radical (unpaired) electrons. The first-order chi connectivity index (χ1) is 19.5. The molecule has 7 nitrogen and oxygen atoms in total. The van der Waals surface area contributed by atoms with Crippen LogP contribution in [0.2, 0.25) is 20.1 Å². The van der Waals surface area contributed by atoms with Crippen molar-refractivity contribution >= 4 is 73.9 Å². The summed E-state index contributed by atoms with van der Waals surface area (Å²) < 4.78 is 28.9.